The molecule has 0 spiro atoms. The highest BCUT2D eigenvalue weighted by Gasteiger charge is 2.50. The monoisotopic (exact) mass is 477 g/mol. The number of hydrogen-bond donors (Lipinski definition) is 0. The zero-order valence-electron chi connectivity index (χ0n) is 20.1. The van der Waals surface area contributed by atoms with Crippen LogP contribution in [0.25, 0.3) is 12.2 Å². The van der Waals surface area contributed by atoms with E-state index in [0.29, 0.717) is 27.8 Å². The zero-order chi connectivity index (χ0) is 25.5. The summed E-state index contributed by atoms with van der Waals surface area (Å²) in [6.45, 7) is 7.00. The second kappa shape index (κ2) is 8.98. The molecule has 0 bridgehead atoms. The Morgan fingerprint density at radius 2 is 1.26 bits per heavy atom. The van der Waals surface area contributed by atoms with Gasteiger partial charge in [0.15, 0.2) is 5.78 Å². The lowest BCUT2D eigenvalue weighted by Gasteiger charge is -2.36. The molecule has 2 heterocycles. The predicted molar refractivity (Wildman–Crippen MR) is 129 cm³/mol. The van der Waals surface area contributed by atoms with E-state index >= 15 is 0 Å². The molecule has 1 radical (unpaired) electrons. The first-order valence-electron chi connectivity index (χ1n) is 11.4. The molecule has 0 aromatic heterocycles. The van der Waals surface area contributed by atoms with Gasteiger partial charge in [0.2, 0.25) is 0 Å². The van der Waals surface area contributed by atoms with Gasteiger partial charge in [-0.25, -0.2) is 8.78 Å². The number of amides is 1. The van der Waals surface area contributed by atoms with Crippen molar-refractivity contribution in [2.45, 2.75) is 38.8 Å². The molecule has 0 N–H and O–H groups in total. The number of hydroxylamine groups is 2. The van der Waals surface area contributed by atoms with Crippen LogP contribution in [0.15, 0.2) is 71.3 Å². The van der Waals surface area contributed by atoms with Gasteiger partial charge in [-0.1, -0.05) is 30.3 Å². The molecule has 1 fully saturated rings. The molecular weight excluding hydrogens is 450 g/mol. The molecule has 181 valence electrons. The lowest BCUT2D eigenvalue weighted by atomic mass is 9.91. The highest BCUT2D eigenvalue weighted by molar-refractivity contribution is 6.16. The average Bonchev–Trinajstić information content (AvgIpc) is 2.97. The summed E-state index contributed by atoms with van der Waals surface area (Å²) in [4.78, 5) is 28.5. The first-order chi connectivity index (χ1) is 16.4. The zero-order valence-corrected chi connectivity index (χ0v) is 20.1. The van der Waals surface area contributed by atoms with E-state index in [-0.39, 0.29) is 24.8 Å². The Hall–Kier alpha value is -3.42. The van der Waals surface area contributed by atoms with Crippen LogP contribution in [-0.2, 0) is 14.8 Å². The molecule has 7 heteroatoms. The highest BCUT2D eigenvalue weighted by Crippen LogP contribution is 2.40. The molecule has 4 rings (SSSR count). The van der Waals surface area contributed by atoms with E-state index in [4.69, 9.17) is 0 Å². The molecule has 2 aliphatic rings. The maximum Gasteiger partial charge on any atom is 0.252 e. The molecule has 0 atom stereocenters. The van der Waals surface area contributed by atoms with Crippen LogP contribution >= 0.6 is 0 Å². The largest absolute Gasteiger partial charge is 0.330 e. The number of halogens is 2. The minimum atomic E-state index is -1.04. The third-order valence-electron chi connectivity index (χ3n) is 6.43. The van der Waals surface area contributed by atoms with Crippen molar-refractivity contribution in [1.29, 1.82) is 0 Å². The van der Waals surface area contributed by atoms with Gasteiger partial charge in [0.25, 0.3) is 5.91 Å². The number of benzene rings is 2. The van der Waals surface area contributed by atoms with Crippen molar-refractivity contribution in [2.75, 3.05) is 13.1 Å². The van der Waals surface area contributed by atoms with Crippen LogP contribution < -0.4 is 0 Å². The summed E-state index contributed by atoms with van der Waals surface area (Å²) in [6.07, 6.45) is 4.96. The summed E-state index contributed by atoms with van der Waals surface area (Å²) in [6, 6.07) is 11.4. The van der Waals surface area contributed by atoms with Gasteiger partial charge in [-0.2, -0.15) is 0 Å². The molecule has 2 aromatic rings. The second-order valence-corrected chi connectivity index (χ2v) is 10.00. The van der Waals surface area contributed by atoms with Crippen LogP contribution in [0.5, 0.6) is 0 Å². The van der Waals surface area contributed by atoms with Gasteiger partial charge < -0.3 is 4.90 Å². The molecule has 0 saturated carbocycles. The molecule has 5 nitrogen and oxygen atoms in total. The predicted octanol–water partition coefficient (Wildman–Crippen LogP) is 4.99. The summed E-state index contributed by atoms with van der Waals surface area (Å²) in [5, 5.41) is 13.7. The summed E-state index contributed by atoms with van der Waals surface area (Å²) in [5.41, 5.74) is 0.450. The minimum Gasteiger partial charge on any atom is -0.330 e. The number of ketones is 1. The fraction of sp³-hybridized carbons (Fsp3) is 0.286. The van der Waals surface area contributed by atoms with Crippen LogP contribution in [0.4, 0.5) is 8.78 Å². The Bertz CT molecular complexity index is 1190. The van der Waals surface area contributed by atoms with Crippen molar-refractivity contribution in [2.24, 2.45) is 0 Å². The van der Waals surface area contributed by atoms with Crippen molar-refractivity contribution < 1.29 is 23.6 Å². The standard InChI is InChI=1S/C28H27F2N2O3/c1-27(2)15-24(28(3,4)32(27)35)26(34)31-16-20(13-18-5-9-22(29)10-6-18)25(33)21(17-31)14-19-7-11-23(30)12-8-19/h5-15H,16-17H2,1-4H3/b20-13+,21-14+. The third kappa shape index (κ3) is 4.88. The number of carbonyl (C=O) groups is 2. The summed E-state index contributed by atoms with van der Waals surface area (Å²) in [5.74, 6) is -1.36. The van der Waals surface area contributed by atoms with E-state index in [1.165, 1.54) is 29.2 Å². The van der Waals surface area contributed by atoms with Gasteiger partial charge in [0.05, 0.1) is 24.2 Å². The van der Waals surface area contributed by atoms with E-state index in [2.05, 4.69) is 0 Å². The quantitative estimate of drug-likeness (QED) is 0.586. The molecular formula is C28H27F2N2O3. The lowest BCUT2D eigenvalue weighted by Crippen LogP contribution is -2.50. The third-order valence-corrected chi connectivity index (χ3v) is 6.43. The number of Topliss-reactive ketones (excluding diaryl/α,β-unsaturated/α-hetero) is 1. The molecule has 1 amide bonds. The normalized spacial score (nSPS) is 22.1. The Labute approximate surface area is 203 Å². The van der Waals surface area contributed by atoms with E-state index in [0.717, 1.165) is 5.06 Å². The van der Waals surface area contributed by atoms with Gasteiger partial charge in [-0.15, -0.1) is 10.3 Å². The van der Waals surface area contributed by atoms with Crippen LogP contribution in [0.1, 0.15) is 38.8 Å². The van der Waals surface area contributed by atoms with Crippen LogP contribution in [0.2, 0.25) is 0 Å². The van der Waals surface area contributed by atoms with E-state index in [1.807, 2.05) is 0 Å². The minimum absolute atomic E-state index is 0.0442. The van der Waals surface area contributed by atoms with E-state index < -0.39 is 22.7 Å². The summed E-state index contributed by atoms with van der Waals surface area (Å²) in [7, 11) is 0. The number of hydrogen-bond acceptors (Lipinski definition) is 3. The average molecular weight is 478 g/mol. The molecule has 0 unspecified atom stereocenters. The lowest BCUT2D eigenvalue weighted by molar-refractivity contribution is -0.238. The van der Waals surface area contributed by atoms with Gasteiger partial charge in [-0.05, 0) is 75.2 Å². The van der Waals surface area contributed by atoms with Crippen molar-refractivity contribution in [3.05, 3.63) is 94.1 Å². The smallest absolute Gasteiger partial charge is 0.252 e. The van der Waals surface area contributed by atoms with Crippen molar-refractivity contribution >= 4 is 23.8 Å². The first kappa shape index (κ1) is 24.7. The van der Waals surface area contributed by atoms with Crippen molar-refractivity contribution in [3.8, 4) is 0 Å². The maximum atomic E-state index is 13.7. The van der Waals surface area contributed by atoms with E-state index in [1.54, 1.807) is 70.2 Å². The molecule has 2 aliphatic heterocycles. The van der Waals surface area contributed by atoms with Gasteiger partial charge in [0, 0.05) is 16.7 Å². The first-order valence-corrected chi connectivity index (χ1v) is 11.4. The topological polar surface area (TPSA) is 60.5 Å². The summed E-state index contributed by atoms with van der Waals surface area (Å²) < 4.78 is 26.7. The summed E-state index contributed by atoms with van der Waals surface area (Å²) >= 11 is 0. The molecule has 1 saturated heterocycles. The fourth-order valence-electron chi connectivity index (χ4n) is 4.62. The number of piperidine rings is 1. The van der Waals surface area contributed by atoms with Crippen molar-refractivity contribution in [1.82, 2.24) is 9.96 Å². The van der Waals surface area contributed by atoms with Gasteiger partial charge >= 0.3 is 0 Å². The number of carbonyl (C=O) groups excluding carboxylic acids is 2. The van der Waals surface area contributed by atoms with Crippen LogP contribution in [0.3, 0.4) is 0 Å². The maximum absolute atomic E-state index is 13.7. The van der Waals surface area contributed by atoms with Crippen LogP contribution in [0, 0.1) is 11.6 Å². The fourth-order valence-corrected chi connectivity index (χ4v) is 4.62. The Morgan fingerprint density at radius 3 is 1.63 bits per heavy atom. The van der Waals surface area contributed by atoms with E-state index in [9.17, 15) is 23.6 Å². The molecule has 2 aromatic carbocycles. The Morgan fingerprint density at radius 1 is 0.829 bits per heavy atom. The second-order valence-electron chi connectivity index (χ2n) is 10.00. The highest BCUT2D eigenvalue weighted by atomic mass is 19.1. The Kier molecular flexibility index (Phi) is 6.34. The number of rotatable bonds is 3. The number of nitrogens with zero attached hydrogens (tertiary/aromatic N) is 2. The van der Waals surface area contributed by atoms with Crippen molar-refractivity contribution in [3.63, 3.8) is 0 Å². The molecule has 35 heavy (non-hydrogen) atoms. The number of likely N-dealkylation sites (tertiary alicyclic amines) is 1. The molecule has 0 aliphatic carbocycles. The Balaban J connectivity index is 1.74. The SMILES string of the molecule is CC1(C)C=C(C(=O)N2C/C(=C\c3ccc(F)cc3)C(=O)/C(=C/c3ccc(F)cc3)C2)C(C)(C)N1[O]. The van der Waals surface area contributed by atoms with Gasteiger partial charge in [0.1, 0.15) is 11.6 Å². The van der Waals surface area contributed by atoms with Gasteiger partial charge in [-0.3, -0.25) is 9.59 Å². The van der Waals surface area contributed by atoms with Crippen LogP contribution in [-0.4, -0.2) is 45.8 Å².